The van der Waals surface area contributed by atoms with Crippen molar-refractivity contribution in [1.82, 2.24) is 0 Å². The third-order valence-corrected chi connectivity index (χ3v) is 3.01. The van der Waals surface area contributed by atoms with Crippen LogP contribution in [0.3, 0.4) is 0 Å². The fourth-order valence-corrected chi connectivity index (χ4v) is 1.88. The third kappa shape index (κ3) is 2.97. The Labute approximate surface area is 106 Å². The summed E-state index contributed by atoms with van der Waals surface area (Å²) in [7, 11) is 0. The van der Waals surface area contributed by atoms with E-state index in [2.05, 4.69) is 0 Å². The molecule has 1 aromatic carbocycles. The summed E-state index contributed by atoms with van der Waals surface area (Å²) in [5.74, 6) is -1.37. The summed E-state index contributed by atoms with van der Waals surface area (Å²) in [4.78, 5) is 0. The predicted molar refractivity (Wildman–Crippen MR) is 67.4 cm³/mol. The molecule has 0 spiro atoms. The van der Waals surface area contributed by atoms with Gasteiger partial charge in [0.25, 0.3) is 0 Å². The van der Waals surface area contributed by atoms with E-state index in [1.54, 1.807) is 6.08 Å². The molecule has 1 aromatic rings. The lowest BCUT2D eigenvalue weighted by Crippen LogP contribution is -2.07. The highest BCUT2D eigenvalue weighted by atomic mass is 19.2. The number of rotatable bonds is 4. The second kappa shape index (κ2) is 5.80. The molecule has 1 aliphatic carbocycles. The Morgan fingerprint density at radius 2 is 1.94 bits per heavy atom. The van der Waals surface area contributed by atoms with Gasteiger partial charge in [-0.3, -0.25) is 0 Å². The first-order valence-electron chi connectivity index (χ1n) is 6.11. The molecule has 0 saturated carbocycles. The van der Waals surface area contributed by atoms with Crippen LogP contribution in [0.25, 0.3) is 0 Å². The van der Waals surface area contributed by atoms with Crippen LogP contribution in [0.15, 0.2) is 53.8 Å². The van der Waals surface area contributed by atoms with Crippen molar-refractivity contribution in [3.63, 3.8) is 0 Å². The average Bonchev–Trinajstić information content (AvgIpc) is 2.41. The van der Waals surface area contributed by atoms with E-state index in [1.165, 1.54) is 0 Å². The Bertz CT molecular complexity index is 463. The highest BCUT2D eigenvalue weighted by molar-refractivity contribution is 5.26. The summed E-state index contributed by atoms with van der Waals surface area (Å²) >= 11 is 0. The van der Waals surface area contributed by atoms with Gasteiger partial charge in [-0.25, -0.2) is 8.78 Å². The molecular formula is C15H16F2O. The standard InChI is InChI=1S/C15H16F2O/c1-11(12-6-3-2-4-7-12)10-18-14-9-5-8-13(16)15(14)17/h2-4,6-7,9,11H,5,8,10H2,1H3. The molecule has 1 aliphatic rings. The Balaban J connectivity index is 1.95. The molecule has 0 fully saturated rings. The van der Waals surface area contributed by atoms with Crippen LogP contribution < -0.4 is 0 Å². The molecule has 0 saturated heterocycles. The number of hydrogen-bond donors (Lipinski definition) is 0. The Hall–Kier alpha value is -1.64. The maximum atomic E-state index is 13.4. The maximum Gasteiger partial charge on any atom is 0.196 e. The third-order valence-electron chi connectivity index (χ3n) is 3.01. The number of hydrogen-bond acceptors (Lipinski definition) is 1. The Morgan fingerprint density at radius 3 is 2.67 bits per heavy atom. The maximum absolute atomic E-state index is 13.4. The first kappa shape index (κ1) is 12.8. The number of halogens is 2. The van der Waals surface area contributed by atoms with Gasteiger partial charge in [-0.2, -0.15) is 0 Å². The SMILES string of the molecule is CC(COC1=CCCC(F)=C1F)c1ccccc1. The van der Waals surface area contributed by atoms with Crippen molar-refractivity contribution < 1.29 is 13.5 Å². The summed E-state index contributed by atoms with van der Waals surface area (Å²) in [6, 6.07) is 9.84. The van der Waals surface area contributed by atoms with E-state index in [0.29, 0.717) is 13.0 Å². The first-order chi connectivity index (χ1) is 8.68. The molecule has 96 valence electrons. The molecule has 0 radical (unpaired) electrons. The first-order valence-corrected chi connectivity index (χ1v) is 6.11. The van der Waals surface area contributed by atoms with Crippen molar-refractivity contribution in [3.8, 4) is 0 Å². The van der Waals surface area contributed by atoms with E-state index in [0.717, 1.165) is 5.56 Å². The molecular weight excluding hydrogens is 234 g/mol. The zero-order valence-corrected chi connectivity index (χ0v) is 10.3. The summed E-state index contributed by atoms with van der Waals surface area (Å²) in [5.41, 5.74) is 1.12. The quantitative estimate of drug-likeness (QED) is 0.756. The van der Waals surface area contributed by atoms with Crippen molar-refractivity contribution in [2.45, 2.75) is 25.7 Å². The van der Waals surface area contributed by atoms with Gasteiger partial charge >= 0.3 is 0 Å². The zero-order chi connectivity index (χ0) is 13.0. The van der Waals surface area contributed by atoms with Gasteiger partial charge < -0.3 is 4.74 Å². The molecule has 18 heavy (non-hydrogen) atoms. The summed E-state index contributed by atoms with van der Waals surface area (Å²) < 4.78 is 31.8. The van der Waals surface area contributed by atoms with Crippen molar-refractivity contribution in [2.75, 3.05) is 6.61 Å². The van der Waals surface area contributed by atoms with Gasteiger partial charge in [0.15, 0.2) is 11.6 Å². The Kier molecular flexibility index (Phi) is 4.13. The second-order valence-electron chi connectivity index (χ2n) is 4.45. The molecule has 0 N–H and O–H groups in total. The minimum Gasteiger partial charge on any atom is -0.490 e. The minimum atomic E-state index is -0.846. The molecule has 2 rings (SSSR count). The molecule has 1 atom stereocenters. The fourth-order valence-electron chi connectivity index (χ4n) is 1.88. The number of benzene rings is 1. The van der Waals surface area contributed by atoms with E-state index in [1.807, 2.05) is 37.3 Å². The van der Waals surface area contributed by atoms with Gasteiger partial charge in [0.2, 0.25) is 0 Å². The Morgan fingerprint density at radius 1 is 1.22 bits per heavy atom. The van der Waals surface area contributed by atoms with Crippen LogP contribution in [0.2, 0.25) is 0 Å². The smallest absolute Gasteiger partial charge is 0.196 e. The lowest BCUT2D eigenvalue weighted by molar-refractivity contribution is 0.188. The van der Waals surface area contributed by atoms with Crippen LogP contribution in [-0.2, 0) is 4.74 Å². The monoisotopic (exact) mass is 250 g/mol. The average molecular weight is 250 g/mol. The van der Waals surface area contributed by atoms with Gasteiger partial charge in [0, 0.05) is 12.3 Å². The molecule has 1 nitrogen and oxygen atoms in total. The number of ether oxygens (including phenoxy) is 1. The lowest BCUT2D eigenvalue weighted by atomic mass is 10.0. The van der Waals surface area contributed by atoms with Gasteiger partial charge in [-0.1, -0.05) is 37.3 Å². The molecule has 0 amide bonds. The van der Waals surface area contributed by atoms with Crippen LogP contribution in [0.5, 0.6) is 0 Å². The molecule has 1 unspecified atom stereocenters. The molecule has 0 bridgehead atoms. The van der Waals surface area contributed by atoms with Crippen LogP contribution in [0, 0.1) is 0 Å². The summed E-state index contributed by atoms with van der Waals surface area (Å²) in [5, 5.41) is 0. The topological polar surface area (TPSA) is 9.23 Å². The van der Waals surface area contributed by atoms with Crippen molar-refractivity contribution in [2.24, 2.45) is 0 Å². The van der Waals surface area contributed by atoms with E-state index >= 15 is 0 Å². The second-order valence-corrected chi connectivity index (χ2v) is 4.45. The molecule has 0 aromatic heterocycles. The highest BCUT2D eigenvalue weighted by Gasteiger charge is 2.18. The van der Waals surface area contributed by atoms with Crippen molar-refractivity contribution in [3.05, 3.63) is 59.4 Å². The van der Waals surface area contributed by atoms with Crippen molar-refractivity contribution in [1.29, 1.82) is 0 Å². The van der Waals surface area contributed by atoms with Crippen molar-refractivity contribution >= 4 is 0 Å². The molecule has 0 heterocycles. The fraction of sp³-hybridized carbons (Fsp3) is 0.333. The van der Waals surface area contributed by atoms with Gasteiger partial charge in [0.1, 0.15) is 5.83 Å². The van der Waals surface area contributed by atoms with E-state index in [4.69, 9.17) is 4.74 Å². The van der Waals surface area contributed by atoms with Crippen LogP contribution in [0.4, 0.5) is 8.78 Å². The van der Waals surface area contributed by atoms with E-state index in [-0.39, 0.29) is 18.1 Å². The number of allylic oxidation sites excluding steroid dienone is 3. The molecule has 0 aliphatic heterocycles. The summed E-state index contributed by atoms with van der Waals surface area (Å²) in [6.07, 6.45) is 2.23. The minimum absolute atomic E-state index is 0.0431. The van der Waals surface area contributed by atoms with Crippen LogP contribution in [0.1, 0.15) is 31.2 Å². The van der Waals surface area contributed by atoms with Crippen LogP contribution >= 0.6 is 0 Å². The zero-order valence-electron chi connectivity index (χ0n) is 10.3. The van der Waals surface area contributed by atoms with Gasteiger partial charge in [-0.15, -0.1) is 0 Å². The van der Waals surface area contributed by atoms with Gasteiger partial charge in [0.05, 0.1) is 6.61 Å². The predicted octanol–water partition coefficient (Wildman–Crippen LogP) is 4.64. The van der Waals surface area contributed by atoms with E-state index < -0.39 is 11.7 Å². The van der Waals surface area contributed by atoms with E-state index in [9.17, 15) is 8.78 Å². The highest BCUT2D eigenvalue weighted by Crippen LogP contribution is 2.29. The lowest BCUT2D eigenvalue weighted by Gasteiger charge is -2.17. The van der Waals surface area contributed by atoms with Gasteiger partial charge in [-0.05, 0) is 18.1 Å². The largest absolute Gasteiger partial charge is 0.490 e. The molecule has 3 heteroatoms. The summed E-state index contributed by atoms with van der Waals surface area (Å²) in [6.45, 7) is 2.34. The van der Waals surface area contributed by atoms with Crippen LogP contribution in [-0.4, -0.2) is 6.61 Å². The normalized spacial score (nSPS) is 17.4.